The Hall–Kier alpha value is -2.33. The highest BCUT2D eigenvalue weighted by Gasteiger charge is 2.07. The van der Waals surface area contributed by atoms with Crippen LogP contribution in [0.2, 0.25) is 0 Å². The highest BCUT2D eigenvalue weighted by atomic mass is 35.5. The fourth-order valence-electron chi connectivity index (χ4n) is 3.06. The van der Waals surface area contributed by atoms with Gasteiger partial charge >= 0.3 is 0 Å². The number of aryl methyl sites for hydroxylation is 1. The molecule has 0 aromatic heterocycles. The molecule has 0 fully saturated rings. The zero-order valence-electron chi connectivity index (χ0n) is 16.3. The smallest absolute Gasteiger partial charge is 0.122 e. The summed E-state index contributed by atoms with van der Waals surface area (Å²) in [5.41, 5.74) is 3.87. The lowest BCUT2D eigenvalue weighted by atomic mass is 10.1. The second-order valence-electron chi connectivity index (χ2n) is 6.51. The molecule has 28 heavy (non-hydrogen) atoms. The Bertz CT molecular complexity index is 729. The highest BCUT2D eigenvalue weighted by molar-refractivity contribution is 5.85. The summed E-state index contributed by atoms with van der Waals surface area (Å²) in [4.78, 5) is 5.39. The van der Waals surface area contributed by atoms with Crippen LogP contribution in [0.3, 0.4) is 0 Å². The topological polar surface area (TPSA) is 21.7 Å². The quantitative estimate of drug-likeness (QED) is 0.516. The van der Waals surface area contributed by atoms with Crippen LogP contribution in [0, 0.1) is 0 Å². The van der Waals surface area contributed by atoms with E-state index in [0.29, 0.717) is 0 Å². The van der Waals surface area contributed by atoms with Crippen molar-refractivity contribution in [1.82, 2.24) is 5.06 Å². The van der Waals surface area contributed by atoms with Gasteiger partial charge in [-0.05, 0) is 35.6 Å². The van der Waals surface area contributed by atoms with Gasteiger partial charge in [0.05, 0.1) is 13.7 Å². The summed E-state index contributed by atoms with van der Waals surface area (Å²) in [6, 6.07) is 28.9. The van der Waals surface area contributed by atoms with E-state index in [4.69, 9.17) is 9.57 Å². The average molecular weight is 398 g/mol. The van der Waals surface area contributed by atoms with Crippen molar-refractivity contribution in [2.24, 2.45) is 0 Å². The van der Waals surface area contributed by atoms with Gasteiger partial charge in [0.15, 0.2) is 0 Å². The minimum absolute atomic E-state index is 0. The Morgan fingerprint density at radius 3 is 1.86 bits per heavy atom. The molecular formula is C24H28ClNO2. The molecule has 3 aromatic carbocycles. The fourth-order valence-corrected chi connectivity index (χ4v) is 3.06. The predicted octanol–water partition coefficient (Wildman–Crippen LogP) is 5.68. The van der Waals surface area contributed by atoms with Crippen molar-refractivity contribution in [2.45, 2.75) is 25.9 Å². The molecule has 3 aromatic rings. The van der Waals surface area contributed by atoms with E-state index in [1.54, 1.807) is 7.11 Å². The van der Waals surface area contributed by atoms with Crippen molar-refractivity contribution in [3.63, 3.8) is 0 Å². The summed E-state index contributed by atoms with van der Waals surface area (Å²) in [6.45, 7) is 2.48. The molecule has 0 saturated carbocycles. The first-order valence-corrected chi connectivity index (χ1v) is 9.43. The maximum atomic E-state index is 5.42. The van der Waals surface area contributed by atoms with Gasteiger partial charge in [-0.3, -0.25) is 0 Å². The molecule has 0 N–H and O–H groups in total. The number of nitrogens with zero attached hydrogens (tertiary/aromatic N) is 1. The summed E-state index contributed by atoms with van der Waals surface area (Å²) < 4.78 is 5.42. The lowest BCUT2D eigenvalue weighted by Crippen LogP contribution is -2.21. The molecular weight excluding hydrogens is 370 g/mol. The SMILES string of the molecule is CON(Cc1ccccc1)Cc1ccccc1.Cl.c1ccc2c(c1)CCCO2. The second-order valence-corrected chi connectivity index (χ2v) is 6.51. The van der Waals surface area contributed by atoms with Crippen molar-refractivity contribution < 1.29 is 9.57 Å². The summed E-state index contributed by atoms with van der Waals surface area (Å²) in [5, 5.41) is 1.95. The van der Waals surface area contributed by atoms with Crippen molar-refractivity contribution in [3.05, 3.63) is 102 Å². The van der Waals surface area contributed by atoms with Gasteiger partial charge in [0.2, 0.25) is 0 Å². The van der Waals surface area contributed by atoms with Gasteiger partial charge in [-0.2, -0.15) is 5.06 Å². The molecule has 148 valence electrons. The van der Waals surface area contributed by atoms with E-state index in [9.17, 15) is 0 Å². The molecule has 3 nitrogen and oxygen atoms in total. The largest absolute Gasteiger partial charge is 0.493 e. The molecule has 4 rings (SSSR count). The van der Waals surface area contributed by atoms with E-state index in [1.807, 2.05) is 53.6 Å². The van der Waals surface area contributed by atoms with E-state index in [0.717, 1.165) is 31.9 Å². The predicted molar refractivity (Wildman–Crippen MR) is 117 cm³/mol. The number of para-hydroxylation sites is 1. The maximum Gasteiger partial charge on any atom is 0.122 e. The Labute approximate surface area is 174 Å². The lowest BCUT2D eigenvalue weighted by Gasteiger charge is -2.19. The van der Waals surface area contributed by atoms with Gasteiger partial charge in [0.25, 0.3) is 0 Å². The van der Waals surface area contributed by atoms with Crippen molar-refractivity contribution in [2.75, 3.05) is 13.7 Å². The number of hydrogen-bond donors (Lipinski definition) is 0. The molecule has 0 aliphatic carbocycles. The monoisotopic (exact) mass is 397 g/mol. The van der Waals surface area contributed by atoms with Crippen LogP contribution in [0.4, 0.5) is 0 Å². The number of benzene rings is 3. The molecule has 0 unspecified atom stereocenters. The lowest BCUT2D eigenvalue weighted by molar-refractivity contribution is -0.146. The molecule has 0 atom stereocenters. The Balaban J connectivity index is 0.000000217. The van der Waals surface area contributed by atoms with E-state index >= 15 is 0 Å². The Morgan fingerprint density at radius 2 is 1.32 bits per heavy atom. The van der Waals surface area contributed by atoms with Crippen LogP contribution in [0.1, 0.15) is 23.1 Å². The summed E-state index contributed by atoms with van der Waals surface area (Å²) >= 11 is 0. The normalized spacial score (nSPS) is 12.1. The van der Waals surface area contributed by atoms with Gasteiger partial charge in [0.1, 0.15) is 5.75 Å². The Kier molecular flexibility index (Phi) is 9.56. The molecule has 1 heterocycles. The van der Waals surface area contributed by atoms with Gasteiger partial charge < -0.3 is 9.57 Å². The van der Waals surface area contributed by atoms with Crippen molar-refractivity contribution in [1.29, 1.82) is 0 Å². The van der Waals surface area contributed by atoms with Gasteiger partial charge in [-0.1, -0.05) is 78.9 Å². The number of ether oxygens (including phenoxy) is 1. The molecule has 0 saturated heterocycles. The first-order valence-electron chi connectivity index (χ1n) is 9.43. The molecule has 0 amide bonds. The Morgan fingerprint density at radius 1 is 0.786 bits per heavy atom. The fraction of sp³-hybridized carbons (Fsp3) is 0.250. The van der Waals surface area contributed by atoms with Crippen LogP contribution in [-0.2, 0) is 24.3 Å². The van der Waals surface area contributed by atoms with Crippen LogP contribution >= 0.6 is 12.4 Å². The minimum atomic E-state index is 0. The first kappa shape index (κ1) is 22.0. The first-order chi connectivity index (χ1) is 13.3. The van der Waals surface area contributed by atoms with Crippen LogP contribution < -0.4 is 4.74 Å². The van der Waals surface area contributed by atoms with Gasteiger partial charge in [-0.25, -0.2) is 0 Å². The average Bonchev–Trinajstić information content (AvgIpc) is 2.75. The van der Waals surface area contributed by atoms with Crippen LogP contribution in [0.5, 0.6) is 5.75 Å². The van der Waals surface area contributed by atoms with Crippen molar-refractivity contribution in [3.8, 4) is 5.75 Å². The molecule has 4 heteroatoms. The number of halogens is 1. The van der Waals surface area contributed by atoms with Gasteiger partial charge in [-0.15, -0.1) is 12.4 Å². The molecule has 1 aliphatic heterocycles. The summed E-state index contributed by atoms with van der Waals surface area (Å²) in [6.07, 6.45) is 2.34. The number of hydroxylamine groups is 2. The van der Waals surface area contributed by atoms with E-state index in [-0.39, 0.29) is 12.4 Å². The zero-order valence-corrected chi connectivity index (χ0v) is 17.1. The van der Waals surface area contributed by atoms with E-state index in [1.165, 1.54) is 23.1 Å². The van der Waals surface area contributed by atoms with E-state index < -0.39 is 0 Å². The summed E-state index contributed by atoms with van der Waals surface area (Å²) in [5.74, 6) is 1.08. The highest BCUT2D eigenvalue weighted by Crippen LogP contribution is 2.23. The third kappa shape index (κ3) is 7.01. The molecule has 0 spiro atoms. The second kappa shape index (κ2) is 12.2. The van der Waals surface area contributed by atoms with E-state index in [2.05, 4.69) is 36.4 Å². The van der Waals surface area contributed by atoms with Crippen LogP contribution in [-0.4, -0.2) is 18.8 Å². The third-order valence-corrected chi connectivity index (χ3v) is 4.48. The number of rotatable bonds is 5. The maximum absolute atomic E-state index is 5.42. The van der Waals surface area contributed by atoms with Crippen LogP contribution in [0.15, 0.2) is 84.9 Å². The number of hydrogen-bond acceptors (Lipinski definition) is 3. The standard InChI is InChI=1S/C15H17NO.C9H10O.ClH/c1-17-16(12-14-8-4-2-5-9-14)13-15-10-6-3-7-11-15;1-2-6-9-8(4-1)5-3-7-10-9;/h2-11H,12-13H2,1H3;1-2,4,6H,3,5,7H2;1H. The molecule has 0 radical (unpaired) electrons. The molecule has 0 bridgehead atoms. The summed E-state index contributed by atoms with van der Waals surface area (Å²) in [7, 11) is 1.71. The molecule has 1 aliphatic rings. The zero-order chi connectivity index (χ0) is 18.7. The third-order valence-electron chi connectivity index (χ3n) is 4.48. The minimum Gasteiger partial charge on any atom is -0.493 e. The van der Waals surface area contributed by atoms with Crippen molar-refractivity contribution >= 4 is 12.4 Å². The number of fused-ring (bicyclic) bond motifs is 1. The van der Waals surface area contributed by atoms with Gasteiger partial charge in [0, 0.05) is 13.1 Å². The van der Waals surface area contributed by atoms with Crippen LogP contribution in [0.25, 0.3) is 0 Å².